The Morgan fingerprint density at radius 2 is 1.35 bits per heavy atom. The molecule has 0 nitrogen and oxygen atoms in total. The van der Waals surface area contributed by atoms with Gasteiger partial charge in [0.1, 0.15) is 0 Å². The predicted molar refractivity (Wildman–Crippen MR) is 101 cm³/mol. The van der Waals surface area contributed by atoms with Crippen molar-refractivity contribution in [3.8, 4) is 11.1 Å². The molecule has 0 radical (unpaired) electrons. The summed E-state index contributed by atoms with van der Waals surface area (Å²) in [5.41, 5.74) is 6.55. The van der Waals surface area contributed by atoms with Crippen LogP contribution >= 0.6 is 0 Å². The summed E-state index contributed by atoms with van der Waals surface area (Å²) < 4.78 is 0. The zero-order valence-electron chi connectivity index (χ0n) is 13.9. The van der Waals surface area contributed by atoms with Gasteiger partial charge in [-0.3, -0.25) is 0 Å². The Hall–Kier alpha value is -2.60. The predicted octanol–water partition coefficient (Wildman–Crippen LogP) is 6.59. The van der Waals surface area contributed by atoms with Gasteiger partial charge < -0.3 is 0 Å². The van der Waals surface area contributed by atoms with Crippen LogP contribution in [-0.2, 0) is 0 Å². The Labute approximate surface area is 137 Å². The van der Waals surface area contributed by atoms with Crippen LogP contribution in [-0.4, -0.2) is 0 Å². The van der Waals surface area contributed by atoms with E-state index in [-0.39, 0.29) is 0 Å². The molecule has 0 fully saturated rings. The van der Waals surface area contributed by atoms with E-state index in [1.54, 1.807) is 0 Å². The number of fused-ring (bicyclic) bond motifs is 3. The lowest BCUT2D eigenvalue weighted by Crippen LogP contribution is -1.88. The quantitative estimate of drug-likeness (QED) is 0.348. The van der Waals surface area contributed by atoms with E-state index in [0.717, 1.165) is 0 Å². The number of rotatable bonds is 1. The fraction of sp³-hybridized carbons (Fsp3) is 0.130. The molecular formula is C23H20. The van der Waals surface area contributed by atoms with Crippen molar-refractivity contribution in [3.63, 3.8) is 0 Å². The molecule has 0 spiro atoms. The van der Waals surface area contributed by atoms with Crippen molar-refractivity contribution in [1.82, 2.24) is 0 Å². The first kappa shape index (κ1) is 14.0. The Morgan fingerprint density at radius 1 is 0.609 bits per heavy atom. The third-order valence-electron chi connectivity index (χ3n) is 4.70. The van der Waals surface area contributed by atoms with Gasteiger partial charge in [0.15, 0.2) is 0 Å². The van der Waals surface area contributed by atoms with E-state index in [4.69, 9.17) is 0 Å². The molecule has 0 heterocycles. The van der Waals surface area contributed by atoms with Crippen molar-refractivity contribution in [1.29, 1.82) is 0 Å². The molecule has 0 saturated carbocycles. The van der Waals surface area contributed by atoms with Crippen LogP contribution in [0.3, 0.4) is 0 Å². The molecule has 4 rings (SSSR count). The summed E-state index contributed by atoms with van der Waals surface area (Å²) >= 11 is 0. The number of hydrogen-bond donors (Lipinski definition) is 0. The van der Waals surface area contributed by atoms with E-state index in [1.807, 2.05) is 0 Å². The molecule has 112 valence electrons. The lowest BCUT2D eigenvalue weighted by Gasteiger charge is -2.13. The summed E-state index contributed by atoms with van der Waals surface area (Å²) in [4.78, 5) is 0. The Morgan fingerprint density at radius 3 is 2.13 bits per heavy atom. The number of benzene rings is 4. The van der Waals surface area contributed by atoms with Gasteiger partial charge >= 0.3 is 0 Å². The first-order valence-corrected chi connectivity index (χ1v) is 8.13. The van der Waals surface area contributed by atoms with Gasteiger partial charge in [-0.1, -0.05) is 71.8 Å². The summed E-state index contributed by atoms with van der Waals surface area (Å²) in [5, 5.41) is 5.39. The Bertz CT molecular complexity index is 1020. The van der Waals surface area contributed by atoms with Gasteiger partial charge in [0.25, 0.3) is 0 Å². The molecule has 0 unspecified atom stereocenters. The largest absolute Gasteiger partial charge is 0.0613 e. The van der Waals surface area contributed by atoms with Gasteiger partial charge in [-0.15, -0.1) is 0 Å². The van der Waals surface area contributed by atoms with Gasteiger partial charge in [-0.2, -0.15) is 0 Å². The summed E-state index contributed by atoms with van der Waals surface area (Å²) in [6.07, 6.45) is 0. The summed E-state index contributed by atoms with van der Waals surface area (Å²) in [6, 6.07) is 24.6. The Balaban J connectivity index is 2.17. The van der Waals surface area contributed by atoms with Crippen LogP contribution < -0.4 is 0 Å². The fourth-order valence-corrected chi connectivity index (χ4v) is 3.47. The van der Waals surface area contributed by atoms with E-state index in [9.17, 15) is 0 Å². The smallest absolute Gasteiger partial charge is 0.00698 e. The van der Waals surface area contributed by atoms with E-state index < -0.39 is 0 Å². The maximum absolute atomic E-state index is 2.33. The summed E-state index contributed by atoms with van der Waals surface area (Å²) in [6.45, 7) is 6.51. The second kappa shape index (κ2) is 5.24. The van der Waals surface area contributed by atoms with Crippen LogP contribution in [0.2, 0.25) is 0 Å². The van der Waals surface area contributed by atoms with Crippen molar-refractivity contribution in [2.75, 3.05) is 0 Å². The van der Waals surface area contributed by atoms with Gasteiger partial charge in [0.2, 0.25) is 0 Å². The van der Waals surface area contributed by atoms with Crippen LogP contribution in [0.4, 0.5) is 0 Å². The van der Waals surface area contributed by atoms with Crippen molar-refractivity contribution >= 4 is 21.5 Å². The SMILES string of the molecule is Cc1ccc(-c2cc3ccc(C)cc3c3c(C)cccc23)cc1. The minimum absolute atomic E-state index is 1.29. The maximum atomic E-state index is 2.33. The molecule has 0 aliphatic heterocycles. The molecule has 0 amide bonds. The monoisotopic (exact) mass is 296 g/mol. The highest BCUT2D eigenvalue weighted by Crippen LogP contribution is 2.36. The molecule has 0 atom stereocenters. The first-order chi connectivity index (χ1) is 11.1. The molecule has 4 aromatic carbocycles. The van der Waals surface area contributed by atoms with Crippen LogP contribution in [0.25, 0.3) is 32.7 Å². The highest BCUT2D eigenvalue weighted by atomic mass is 14.1. The third-order valence-corrected chi connectivity index (χ3v) is 4.70. The molecule has 0 aromatic heterocycles. The zero-order valence-corrected chi connectivity index (χ0v) is 13.9. The molecule has 23 heavy (non-hydrogen) atoms. The Kier molecular flexibility index (Phi) is 3.20. The van der Waals surface area contributed by atoms with Crippen LogP contribution in [0, 0.1) is 20.8 Å². The van der Waals surface area contributed by atoms with Crippen LogP contribution in [0.1, 0.15) is 16.7 Å². The van der Waals surface area contributed by atoms with Gasteiger partial charge in [-0.05, 0) is 65.1 Å². The zero-order chi connectivity index (χ0) is 16.0. The lowest BCUT2D eigenvalue weighted by molar-refractivity contribution is 1.47. The second-order valence-electron chi connectivity index (χ2n) is 6.51. The van der Waals surface area contributed by atoms with Gasteiger partial charge in [0.05, 0.1) is 0 Å². The standard InChI is InChI=1S/C23H20/c1-15-7-10-18(11-8-15)21-14-19-12-9-16(2)13-22(19)23-17(3)5-4-6-20(21)23/h4-14H,1-3H3. The molecular weight excluding hydrogens is 276 g/mol. The maximum Gasteiger partial charge on any atom is -0.00698 e. The third kappa shape index (κ3) is 2.31. The number of hydrogen-bond acceptors (Lipinski definition) is 0. The van der Waals surface area contributed by atoms with E-state index in [0.29, 0.717) is 0 Å². The molecule has 4 aromatic rings. The average Bonchev–Trinajstić information content (AvgIpc) is 2.55. The minimum atomic E-state index is 1.29. The normalized spacial score (nSPS) is 11.3. The topological polar surface area (TPSA) is 0 Å². The van der Waals surface area contributed by atoms with Crippen molar-refractivity contribution in [2.24, 2.45) is 0 Å². The molecule has 0 aliphatic carbocycles. The van der Waals surface area contributed by atoms with E-state index in [2.05, 4.69) is 87.5 Å². The molecule has 0 N–H and O–H groups in total. The average molecular weight is 296 g/mol. The lowest BCUT2D eigenvalue weighted by atomic mass is 9.90. The van der Waals surface area contributed by atoms with Crippen molar-refractivity contribution in [3.05, 3.63) is 83.4 Å². The van der Waals surface area contributed by atoms with Crippen molar-refractivity contribution in [2.45, 2.75) is 20.8 Å². The fourth-order valence-electron chi connectivity index (χ4n) is 3.47. The van der Waals surface area contributed by atoms with Crippen LogP contribution in [0.5, 0.6) is 0 Å². The molecule has 0 bridgehead atoms. The van der Waals surface area contributed by atoms with Gasteiger partial charge in [-0.25, -0.2) is 0 Å². The highest BCUT2D eigenvalue weighted by molar-refractivity contribution is 6.15. The number of aryl methyl sites for hydroxylation is 3. The second-order valence-corrected chi connectivity index (χ2v) is 6.51. The molecule has 0 saturated heterocycles. The van der Waals surface area contributed by atoms with Gasteiger partial charge in [0, 0.05) is 0 Å². The highest BCUT2D eigenvalue weighted by Gasteiger charge is 2.10. The summed E-state index contributed by atoms with van der Waals surface area (Å²) in [7, 11) is 0. The van der Waals surface area contributed by atoms with E-state index >= 15 is 0 Å². The van der Waals surface area contributed by atoms with Crippen molar-refractivity contribution < 1.29 is 0 Å². The minimum Gasteiger partial charge on any atom is -0.0613 e. The van der Waals surface area contributed by atoms with Crippen LogP contribution in [0.15, 0.2) is 66.7 Å². The molecule has 0 heteroatoms. The molecule has 0 aliphatic rings. The summed E-state index contributed by atoms with van der Waals surface area (Å²) in [5.74, 6) is 0. The first-order valence-electron chi connectivity index (χ1n) is 8.13. The van der Waals surface area contributed by atoms with E-state index in [1.165, 1.54) is 49.4 Å².